The monoisotopic (exact) mass is 298 g/mol. The van der Waals surface area contributed by atoms with E-state index in [4.69, 9.17) is 5.11 Å². The first-order chi connectivity index (χ1) is 10.6. The van der Waals surface area contributed by atoms with Gasteiger partial charge in [-0.3, -0.25) is 14.6 Å². The largest absolute Gasteiger partial charge is 0.481 e. The molecule has 1 heterocycles. The van der Waals surface area contributed by atoms with Crippen LogP contribution in [0.4, 0.5) is 0 Å². The Balaban J connectivity index is 1.59. The molecule has 2 atom stereocenters. The van der Waals surface area contributed by atoms with Crippen molar-refractivity contribution in [2.75, 3.05) is 0 Å². The number of pyridine rings is 1. The molecule has 1 fully saturated rings. The summed E-state index contributed by atoms with van der Waals surface area (Å²) in [6.45, 7) is 0.373. The summed E-state index contributed by atoms with van der Waals surface area (Å²) in [7, 11) is 0. The maximum atomic E-state index is 12.1. The first kappa shape index (κ1) is 14.5. The molecule has 1 aliphatic rings. The zero-order valence-electron chi connectivity index (χ0n) is 12.2. The van der Waals surface area contributed by atoms with E-state index in [2.05, 4.69) is 10.3 Å². The van der Waals surface area contributed by atoms with E-state index in [1.54, 1.807) is 0 Å². The lowest BCUT2D eigenvalue weighted by Gasteiger charge is -2.11. The van der Waals surface area contributed by atoms with Crippen molar-refractivity contribution in [2.45, 2.75) is 25.8 Å². The lowest BCUT2D eigenvalue weighted by atomic mass is 10.0. The van der Waals surface area contributed by atoms with Crippen molar-refractivity contribution < 1.29 is 14.7 Å². The van der Waals surface area contributed by atoms with Crippen LogP contribution in [-0.4, -0.2) is 22.0 Å². The molecule has 1 aromatic carbocycles. The Morgan fingerprint density at radius 2 is 1.91 bits per heavy atom. The normalized spacial score (nSPS) is 20.9. The summed E-state index contributed by atoms with van der Waals surface area (Å²) in [5.41, 5.74) is 1.71. The Morgan fingerprint density at radius 1 is 1.14 bits per heavy atom. The topological polar surface area (TPSA) is 79.3 Å². The lowest BCUT2D eigenvalue weighted by Crippen LogP contribution is -2.29. The molecule has 1 amide bonds. The van der Waals surface area contributed by atoms with E-state index >= 15 is 0 Å². The van der Waals surface area contributed by atoms with E-state index in [-0.39, 0.29) is 17.7 Å². The van der Waals surface area contributed by atoms with E-state index in [0.29, 0.717) is 25.8 Å². The first-order valence-electron chi connectivity index (χ1n) is 7.48. The van der Waals surface area contributed by atoms with Crippen LogP contribution in [0.2, 0.25) is 0 Å². The minimum Gasteiger partial charge on any atom is -0.481 e. The predicted molar refractivity (Wildman–Crippen MR) is 82.1 cm³/mol. The number of carbonyl (C=O) groups excluding carboxylic acids is 1. The third kappa shape index (κ3) is 3.08. The zero-order chi connectivity index (χ0) is 15.5. The second kappa shape index (κ2) is 6.13. The van der Waals surface area contributed by atoms with Crippen molar-refractivity contribution in [3.05, 3.63) is 42.1 Å². The number of fused-ring (bicyclic) bond motifs is 1. The standard InChI is InChI=1S/C17H18N2O3/c20-16(12-5-6-13(9-12)17(21)22)18-10-14-8-7-11-3-1-2-4-15(11)19-14/h1-4,7-8,12-13H,5-6,9-10H2,(H,18,20)(H,21,22)/t12-,13+/m0/s1. The molecular formula is C17H18N2O3. The number of carbonyl (C=O) groups is 2. The smallest absolute Gasteiger partial charge is 0.306 e. The van der Waals surface area contributed by atoms with Gasteiger partial charge in [-0.2, -0.15) is 0 Å². The van der Waals surface area contributed by atoms with Gasteiger partial charge < -0.3 is 10.4 Å². The summed E-state index contributed by atoms with van der Waals surface area (Å²) in [6, 6.07) is 11.7. The number of nitrogens with one attached hydrogen (secondary N) is 1. The molecule has 5 nitrogen and oxygen atoms in total. The Hall–Kier alpha value is -2.43. The summed E-state index contributed by atoms with van der Waals surface area (Å²) >= 11 is 0. The van der Waals surface area contributed by atoms with Crippen LogP contribution < -0.4 is 5.32 Å². The van der Waals surface area contributed by atoms with Crippen LogP contribution in [0.15, 0.2) is 36.4 Å². The molecular weight excluding hydrogens is 280 g/mol. The highest BCUT2D eigenvalue weighted by Crippen LogP contribution is 2.31. The summed E-state index contributed by atoms with van der Waals surface area (Å²) in [4.78, 5) is 27.6. The molecule has 0 radical (unpaired) electrons. The van der Waals surface area contributed by atoms with Crippen LogP contribution in [0.1, 0.15) is 25.0 Å². The molecule has 1 aromatic heterocycles. The highest BCUT2D eigenvalue weighted by atomic mass is 16.4. The molecule has 1 aliphatic carbocycles. The zero-order valence-corrected chi connectivity index (χ0v) is 12.2. The van der Waals surface area contributed by atoms with Gasteiger partial charge in [-0.15, -0.1) is 0 Å². The number of para-hydroxylation sites is 1. The molecule has 0 aliphatic heterocycles. The van der Waals surface area contributed by atoms with Gasteiger partial charge in [-0.25, -0.2) is 0 Å². The van der Waals surface area contributed by atoms with Crippen molar-refractivity contribution >= 4 is 22.8 Å². The number of hydrogen-bond acceptors (Lipinski definition) is 3. The maximum absolute atomic E-state index is 12.1. The van der Waals surface area contributed by atoms with Crippen LogP contribution in [0.3, 0.4) is 0 Å². The Bertz CT molecular complexity index is 714. The van der Waals surface area contributed by atoms with Crippen molar-refractivity contribution in [1.82, 2.24) is 10.3 Å². The van der Waals surface area contributed by atoms with Gasteiger partial charge in [0.25, 0.3) is 0 Å². The third-order valence-corrected chi connectivity index (χ3v) is 4.25. The summed E-state index contributed by atoms with van der Waals surface area (Å²) in [6.07, 6.45) is 1.67. The number of hydrogen-bond donors (Lipinski definition) is 2. The van der Waals surface area contributed by atoms with Gasteiger partial charge in [0.1, 0.15) is 0 Å². The second-order valence-electron chi connectivity index (χ2n) is 5.76. The van der Waals surface area contributed by atoms with Gasteiger partial charge in [0.15, 0.2) is 0 Å². The Kier molecular flexibility index (Phi) is 4.04. The van der Waals surface area contributed by atoms with Crippen molar-refractivity contribution in [3.63, 3.8) is 0 Å². The SMILES string of the molecule is O=C(O)[C@@H]1CC[C@H](C(=O)NCc2ccc3ccccc3n2)C1. The molecule has 22 heavy (non-hydrogen) atoms. The van der Waals surface area contributed by atoms with Crippen LogP contribution in [0.25, 0.3) is 10.9 Å². The molecule has 2 aromatic rings. The molecule has 1 saturated carbocycles. The minimum atomic E-state index is -0.800. The first-order valence-corrected chi connectivity index (χ1v) is 7.48. The van der Waals surface area contributed by atoms with E-state index in [1.807, 2.05) is 36.4 Å². The Labute approximate surface area is 128 Å². The molecule has 5 heteroatoms. The summed E-state index contributed by atoms with van der Waals surface area (Å²) < 4.78 is 0. The number of rotatable bonds is 4. The van der Waals surface area contributed by atoms with Gasteiger partial charge >= 0.3 is 5.97 Å². The number of amides is 1. The molecule has 0 unspecified atom stereocenters. The van der Waals surface area contributed by atoms with Crippen molar-refractivity contribution in [1.29, 1.82) is 0 Å². The third-order valence-electron chi connectivity index (χ3n) is 4.25. The second-order valence-corrected chi connectivity index (χ2v) is 5.76. The van der Waals surface area contributed by atoms with E-state index in [1.165, 1.54) is 0 Å². The molecule has 0 bridgehead atoms. The average molecular weight is 298 g/mol. The average Bonchev–Trinajstić information content (AvgIpc) is 3.03. The number of benzene rings is 1. The Morgan fingerprint density at radius 3 is 2.68 bits per heavy atom. The van der Waals surface area contributed by atoms with Crippen LogP contribution in [-0.2, 0) is 16.1 Å². The maximum Gasteiger partial charge on any atom is 0.306 e. The highest BCUT2D eigenvalue weighted by Gasteiger charge is 2.33. The van der Waals surface area contributed by atoms with Crippen LogP contribution >= 0.6 is 0 Å². The van der Waals surface area contributed by atoms with Gasteiger partial charge in [-0.05, 0) is 31.4 Å². The number of carboxylic acids is 1. The molecule has 0 spiro atoms. The van der Waals surface area contributed by atoms with E-state index in [9.17, 15) is 9.59 Å². The van der Waals surface area contributed by atoms with E-state index in [0.717, 1.165) is 16.6 Å². The quantitative estimate of drug-likeness (QED) is 0.908. The molecule has 114 valence electrons. The number of aliphatic carboxylic acids is 1. The summed E-state index contributed by atoms with van der Waals surface area (Å²) in [5.74, 6) is -1.44. The molecule has 0 saturated heterocycles. The van der Waals surface area contributed by atoms with Crippen molar-refractivity contribution in [2.24, 2.45) is 11.8 Å². The van der Waals surface area contributed by atoms with Crippen LogP contribution in [0.5, 0.6) is 0 Å². The van der Waals surface area contributed by atoms with Crippen molar-refractivity contribution in [3.8, 4) is 0 Å². The van der Waals surface area contributed by atoms with Gasteiger partial charge in [0.05, 0.1) is 23.7 Å². The lowest BCUT2D eigenvalue weighted by molar-refractivity contribution is -0.141. The fourth-order valence-electron chi connectivity index (χ4n) is 2.97. The summed E-state index contributed by atoms with van der Waals surface area (Å²) in [5, 5.41) is 12.9. The van der Waals surface area contributed by atoms with Crippen LogP contribution in [0, 0.1) is 11.8 Å². The predicted octanol–water partition coefficient (Wildman–Crippen LogP) is 2.35. The van der Waals surface area contributed by atoms with Gasteiger partial charge in [-0.1, -0.05) is 24.3 Å². The number of nitrogens with zero attached hydrogens (tertiary/aromatic N) is 1. The number of aromatic nitrogens is 1. The van der Waals surface area contributed by atoms with Gasteiger partial charge in [0, 0.05) is 11.3 Å². The molecule has 3 rings (SSSR count). The fourth-order valence-corrected chi connectivity index (χ4v) is 2.97. The fraction of sp³-hybridized carbons (Fsp3) is 0.353. The minimum absolute atomic E-state index is 0.0706. The number of carboxylic acid groups (broad SMARTS) is 1. The molecule has 2 N–H and O–H groups in total. The van der Waals surface area contributed by atoms with E-state index < -0.39 is 5.97 Å². The van der Waals surface area contributed by atoms with Gasteiger partial charge in [0.2, 0.25) is 5.91 Å². The highest BCUT2D eigenvalue weighted by molar-refractivity contribution is 5.81.